The molecule has 0 aliphatic rings. The van der Waals surface area contributed by atoms with E-state index in [1.54, 1.807) is 28.1 Å². The van der Waals surface area contributed by atoms with Gasteiger partial charge in [-0.05, 0) is 66.4 Å². The summed E-state index contributed by atoms with van der Waals surface area (Å²) >= 11 is 0. The predicted molar refractivity (Wildman–Crippen MR) is 162 cm³/mol. The number of ether oxygens (including phenoxy) is 3. The summed E-state index contributed by atoms with van der Waals surface area (Å²) in [6.45, 7) is 3.86. The van der Waals surface area contributed by atoms with E-state index in [9.17, 15) is 4.79 Å². The number of benzene rings is 3. The molecule has 2 heterocycles. The second kappa shape index (κ2) is 12.4. The van der Waals surface area contributed by atoms with Crippen LogP contribution in [0.25, 0.3) is 27.9 Å². The zero-order valence-electron chi connectivity index (χ0n) is 24.2. The van der Waals surface area contributed by atoms with E-state index in [1.165, 1.54) is 0 Å². The highest BCUT2D eigenvalue weighted by Gasteiger charge is 2.29. The molecule has 0 bridgehead atoms. The van der Waals surface area contributed by atoms with Gasteiger partial charge in [-0.1, -0.05) is 54.6 Å². The molecule has 1 amide bonds. The summed E-state index contributed by atoms with van der Waals surface area (Å²) in [7, 11) is 3.28. The Morgan fingerprint density at radius 3 is 2.21 bits per heavy atom. The first-order valence-electron chi connectivity index (χ1n) is 13.7. The smallest absolute Gasteiger partial charge is 0.240 e. The molecule has 5 rings (SSSR count). The van der Waals surface area contributed by atoms with E-state index in [2.05, 4.69) is 21.6 Å². The van der Waals surface area contributed by atoms with Crippen LogP contribution in [0.2, 0.25) is 0 Å². The van der Waals surface area contributed by atoms with E-state index in [1.807, 2.05) is 89.5 Å². The highest BCUT2D eigenvalue weighted by atomic mass is 16.5. The molecular formula is C33H35N5O4. The van der Waals surface area contributed by atoms with Gasteiger partial charge in [0.15, 0.2) is 11.5 Å². The van der Waals surface area contributed by atoms with Gasteiger partial charge in [0.2, 0.25) is 5.91 Å². The zero-order valence-corrected chi connectivity index (χ0v) is 24.2. The van der Waals surface area contributed by atoms with Crippen LogP contribution in [0, 0.1) is 0 Å². The Kier molecular flexibility index (Phi) is 8.51. The van der Waals surface area contributed by atoms with Gasteiger partial charge in [-0.25, -0.2) is 0 Å². The normalized spacial score (nSPS) is 12.2. The molecule has 2 aromatic heterocycles. The van der Waals surface area contributed by atoms with Crippen molar-refractivity contribution in [2.75, 3.05) is 20.8 Å². The maximum atomic E-state index is 13.1. The van der Waals surface area contributed by atoms with Crippen LogP contribution in [0.15, 0.2) is 91.1 Å². The number of methoxy groups -OCH3 is 2. The van der Waals surface area contributed by atoms with Crippen molar-refractivity contribution in [1.82, 2.24) is 19.9 Å². The van der Waals surface area contributed by atoms with Gasteiger partial charge in [0, 0.05) is 11.8 Å². The van der Waals surface area contributed by atoms with Crippen molar-refractivity contribution < 1.29 is 19.0 Å². The number of nitrogens with two attached hydrogens (primary N) is 1. The van der Waals surface area contributed by atoms with Crippen molar-refractivity contribution in [2.45, 2.75) is 32.0 Å². The first-order valence-corrected chi connectivity index (χ1v) is 13.7. The van der Waals surface area contributed by atoms with Gasteiger partial charge in [0.1, 0.15) is 17.5 Å². The Labute approximate surface area is 245 Å². The molecule has 0 saturated heterocycles. The number of hydrogen-bond donors (Lipinski definition) is 2. The average Bonchev–Trinajstić information content (AvgIpc) is 3.44. The maximum absolute atomic E-state index is 13.1. The Morgan fingerprint density at radius 2 is 1.55 bits per heavy atom. The number of nitrogens with one attached hydrogen (secondary N) is 1. The van der Waals surface area contributed by atoms with Crippen LogP contribution in [-0.4, -0.2) is 46.9 Å². The third-order valence-electron chi connectivity index (χ3n) is 6.91. The van der Waals surface area contributed by atoms with E-state index in [0.29, 0.717) is 18.1 Å². The van der Waals surface area contributed by atoms with E-state index in [0.717, 1.165) is 39.3 Å². The summed E-state index contributed by atoms with van der Waals surface area (Å²) < 4.78 is 19.0. The highest BCUT2D eigenvalue weighted by molar-refractivity contribution is 5.86. The zero-order chi connectivity index (χ0) is 29.7. The number of carbonyl (C=O) groups excluding carboxylic acids is 1. The van der Waals surface area contributed by atoms with Crippen LogP contribution in [-0.2, 0) is 16.1 Å². The fourth-order valence-corrected chi connectivity index (χ4v) is 4.61. The highest BCUT2D eigenvalue weighted by Crippen LogP contribution is 2.33. The molecule has 216 valence electrons. The third-order valence-corrected chi connectivity index (χ3v) is 6.91. The van der Waals surface area contributed by atoms with Gasteiger partial charge >= 0.3 is 0 Å². The molecule has 42 heavy (non-hydrogen) atoms. The number of carbonyl (C=O) groups is 1. The van der Waals surface area contributed by atoms with Gasteiger partial charge in [0.25, 0.3) is 0 Å². The standard InChI is InChI=1S/C33H35N5O4/c1-33(2,34)32(39)35-29(21-42-20-22-10-6-5-7-11-22)31-37-36-30-28(24-13-9-15-27(17-24)41-4)18-25(19-38(30)31)23-12-8-14-26(16-23)40-3/h5-19,29H,20-21,34H2,1-4H3,(H,35,39)/t29-/m1/s1. The Bertz CT molecular complexity index is 1680. The molecule has 0 aliphatic heterocycles. The molecular weight excluding hydrogens is 530 g/mol. The first kappa shape index (κ1) is 28.8. The number of amides is 1. The number of fused-ring (bicyclic) bond motifs is 1. The van der Waals surface area contributed by atoms with E-state index < -0.39 is 11.6 Å². The molecule has 0 spiro atoms. The Balaban J connectivity index is 1.63. The van der Waals surface area contributed by atoms with Crippen LogP contribution >= 0.6 is 0 Å². The van der Waals surface area contributed by atoms with Crippen molar-refractivity contribution in [3.63, 3.8) is 0 Å². The van der Waals surface area contributed by atoms with Crippen molar-refractivity contribution in [3.05, 3.63) is 103 Å². The summed E-state index contributed by atoms with van der Waals surface area (Å²) in [5.74, 6) is 1.65. The minimum Gasteiger partial charge on any atom is -0.497 e. The van der Waals surface area contributed by atoms with Gasteiger partial charge in [-0.3, -0.25) is 9.20 Å². The van der Waals surface area contributed by atoms with Crippen LogP contribution < -0.4 is 20.5 Å². The van der Waals surface area contributed by atoms with Crippen LogP contribution in [0.3, 0.4) is 0 Å². The lowest BCUT2D eigenvalue weighted by Gasteiger charge is -2.23. The first-order chi connectivity index (χ1) is 20.3. The number of nitrogens with zero attached hydrogens (tertiary/aromatic N) is 3. The number of pyridine rings is 1. The molecule has 0 radical (unpaired) electrons. The molecule has 5 aromatic rings. The fraction of sp³-hybridized carbons (Fsp3) is 0.242. The SMILES string of the molecule is COc1cccc(-c2cc(-c3cccc(OC)c3)c3nnc([C@@H](COCc4ccccc4)NC(=O)C(C)(C)N)n3c2)c1. The second-order valence-electron chi connectivity index (χ2n) is 10.6. The fourth-order valence-electron chi connectivity index (χ4n) is 4.61. The Hall–Kier alpha value is -4.73. The molecule has 0 fully saturated rings. The lowest BCUT2D eigenvalue weighted by atomic mass is 10.0. The van der Waals surface area contributed by atoms with E-state index in [4.69, 9.17) is 19.9 Å². The predicted octanol–water partition coefficient (Wildman–Crippen LogP) is 5.19. The minimum atomic E-state index is -1.10. The van der Waals surface area contributed by atoms with Crippen LogP contribution in [0.4, 0.5) is 0 Å². The molecule has 3 N–H and O–H groups in total. The minimum absolute atomic E-state index is 0.162. The average molecular weight is 566 g/mol. The van der Waals surface area contributed by atoms with Crippen molar-refractivity contribution in [3.8, 4) is 33.8 Å². The molecule has 3 aromatic carbocycles. The second-order valence-corrected chi connectivity index (χ2v) is 10.6. The maximum Gasteiger partial charge on any atom is 0.240 e. The summed E-state index contributed by atoms with van der Waals surface area (Å²) in [5, 5.41) is 12.2. The summed E-state index contributed by atoms with van der Waals surface area (Å²) in [4.78, 5) is 13.1. The third kappa shape index (κ3) is 6.43. The Morgan fingerprint density at radius 1 is 0.881 bits per heavy atom. The topological polar surface area (TPSA) is 113 Å². The molecule has 1 atom stereocenters. The lowest BCUT2D eigenvalue weighted by Crippen LogP contribution is -2.50. The van der Waals surface area contributed by atoms with Crippen LogP contribution in [0.1, 0.15) is 31.3 Å². The molecule has 0 saturated carbocycles. The number of hydrogen-bond acceptors (Lipinski definition) is 7. The lowest BCUT2D eigenvalue weighted by molar-refractivity contribution is -0.126. The summed E-state index contributed by atoms with van der Waals surface area (Å²) in [5.41, 5.74) is 10.3. The number of aromatic nitrogens is 3. The molecule has 9 nitrogen and oxygen atoms in total. The summed E-state index contributed by atoms with van der Waals surface area (Å²) in [6.07, 6.45) is 1.97. The van der Waals surface area contributed by atoms with Gasteiger partial charge < -0.3 is 25.3 Å². The van der Waals surface area contributed by atoms with Gasteiger partial charge in [0.05, 0.1) is 33.0 Å². The quantitative estimate of drug-likeness (QED) is 0.227. The van der Waals surface area contributed by atoms with Crippen molar-refractivity contribution >= 4 is 11.6 Å². The molecule has 9 heteroatoms. The van der Waals surface area contributed by atoms with E-state index in [-0.39, 0.29) is 12.5 Å². The van der Waals surface area contributed by atoms with Crippen molar-refractivity contribution in [1.29, 1.82) is 0 Å². The van der Waals surface area contributed by atoms with Crippen LogP contribution in [0.5, 0.6) is 11.5 Å². The number of rotatable bonds is 11. The largest absolute Gasteiger partial charge is 0.497 e. The van der Waals surface area contributed by atoms with E-state index >= 15 is 0 Å². The van der Waals surface area contributed by atoms with Gasteiger partial charge in [-0.2, -0.15) is 0 Å². The van der Waals surface area contributed by atoms with Gasteiger partial charge in [-0.15, -0.1) is 10.2 Å². The van der Waals surface area contributed by atoms with Crippen molar-refractivity contribution in [2.24, 2.45) is 5.73 Å². The summed E-state index contributed by atoms with van der Waals surface area (Å²) in [6, 6.07) is 26.9. The monoisotopic (exact) mass is 565 g/mol. The molecule has 0 unspecified atom stereocenters. The molecule has 0 aliphatic carbocycles.